The molecule has 2 aliphatic heterocycles. The fraction of sp³-hybridized carbons (Fsp3) is 0.571. The van der Waals surface area contributed by atoms with E-state index in [-0.39, 0.29) is 0 Å². The Hall–Kier alpha value is -0.580. The van der Waals surface area contributed by atoms with Crippen LogP contribution in [0.3, 0.4) is 0 Å². The Bertz CT molecular complexity index is 396. The van der Waals surface area contributed by atoms with E-state index >= 15 is 0 Å². The van der Waals surface area contributed by atoms with E-state index in [9.17, 15) is 0 Å². The third-order valence-electron chi connectivity index (χ3n) is 4.06. The van der Waals surface area contributed by atoms with E-state index in [1.54, 1.807) is 0 Å². The van der Waals surface area contributed by atoms with Crippen LogP contribution in [0, 0.1) is 0 Å². The van der Waals surface area contributed by atoms with Gasteiger partial charge in [0.05, 0.1) is 5.69 Å². The molecule has 2 heterocycles. The van der Waals surface area contributed by atoms with Crippen molar-refractivity contribution < 1.29 is 0 Å². The van der Waals surface area contributed by atoms with Gasteiger partial charge in [0, 0.05) is 43.2 Å². The van der Waals surface area contributed by atoms with E-state index < -0.39 is 0 Å². The van der Waals surface area contributed by atoms with Gasteiger partial charge in [-0.05, 0) is 41.0 Å². The number of anilines is 1. The molecular weight excluding hydrogens is 290 g/mol. The number of halogens is 1. The Kier molecular flexibility index (Phi) is 3.87. The molecule has 2 saturated heterocycles. The Morgan fingerprint density at radius 1 is 1.11 bits per heavy atom. The summed E-state index contributed by atoms with van der Waals surface area (Å²) in [4.78, 5) is 5.14. The van der Waals surface area contributed by atoms with Gasteiger partial charge in [-0.2, -0.15) is 0 Å². The SMILES string of the molecule is Brc1ccccc1N1CCN(C2CCNC2)CC1. The van der Waals surface area contributed by atoms with E-state index in [0.29, 0.717) is 0 Å². The van der Waals surface area contributed by atoms with Crippen molar-refractivity contribution in [3.63, 3.8) is 0 Å². The zero-order chi connectivity index (χ0) is 12.4. The van der Waals surface area contributed by atoms with E-state index in [4.69, 9.17) is 0 Å². The maximum Gasteiger partial charge on any atom is 0.0511 e. The molecule has 3 nitrogen and oxygen atoms in total. The first-order valence-electron chi connectivity index (χ1n) is 6.79. The molecule has 1 atom stereocenters. The zero-order valence-corrected chi connectivity index (χ0v) is 12.2. The highest BCUT2D eigenvalue weighted by molar-refractivity contribution is 9.10. The van der Waals surface area contributed by atoms with Crippen molar-refractivity contribution in [3.8, 4) is 0 Å². The third kappa shape index (κ3) is 2.56. The molecule has 0 aliphatic carbocycles. The molecule has 0 saturated carbocycles. The van der Waals surface area contributed by atoms with Gasteiger partial charge in [-0.25, -0.2) is 0 Å². The molecule has 0 bridgehead atoms. The topological polar surface area (TPSA) is 18.5 Å². The first-order chi connectivity index (χ1) is 8.84. The molecule has 4 heteroatoms. The third-order valence-corrected chi connectivity index (χ3v) is 4.73. The summed E-state index contributed by atoms with van der Waals surface area (Å²) in [6.07, 6.45) is 1.31. The first kappa shape index (κ1) is 12.5. The fourth-order valence-electron chi connectivity index (χ4n) is 2.99. The van der Waals surface area contributed by atoms with Crippen LogP contribution in [0.1, 0.15) is 6.42 Å². The highest BCUT2D eigenvalue weighted by atomic mass is 79.9. The molecule has 1 unspecified atom stereocenters. The molecule has 1 aromatic carbocycles. The normalized spacial score (nSPS) is 25.6. The minimum atomic E-state index is 0.770. The second kappa shape index (κ2) is 5.59. The molecule has 0 spiro atoms. The Balaban J connectivity index is 1.61. The van der Waals surface area contributed by atoms with Crippen molar-refractivity contribution in [2.24, 2.45) is 0 Å². The second-order valence-corrected chi connectivity index (χ2v) is 5.98. The van der Waals surface area contributed by atoms with Crippen molar-refractivity contribution in [2.45, 2.75) is 12.5 Å². The summed E-state index contributed by atoms with van der Waals surface area (Å²) in [5.41, 5.74) is 1.33. The van der Waals surface area contributed by atoms with Crippen LogP contribution in [0.4, 0.5) is 5.69 Å². The Morgan fingerprint density at radius 2 is 1.89 bits per heavy atom. The number of rotatable bonds is 2. The molecule has 0 radical (unpaired) electrons. The van der Waals surface area contributed by atoms with E-state index in [1.807, 2.05) is 0 Å². The monoisotopic (exact) mass is 309 g/mol. The van der Waals surface area contributed by atoms with Crippen LogP contribution in [0.2, 0.25) is 0 Å². The lowest BCUT2D eigenvalue weighted by Gasteiger charge is -2.39. The predicted octanol–water partition coefficient (Wildman–Crippen LogP) is 1.93. The number of hydrogen-bond donors (Lipinski definition) is 1. The largest absolute Gasteiger partial charge is 0.368 e. The van der Waals surface area contributed by atoms with Crippen LogP contribution in [0.25, 0.3) is 0 Å². The quantitative estimate of drug-likeness (QED) is 0.900. The lowest BCUT2D eigenvalue weighted by molar-refractivity contribution is 0.196. The minimum absolute atomic E-state index is 0.770. The molecule has 18 heavy (non-hydrogen) atoms. The van der Waals surface area contributed by atoms with E-state index in [0.717, 1.165) is 19.1 Å². The number of benzene rings is 1. The minimum Gasteiger partial charge on any atom is -0.368 e. The number of piperazine rings is 1. The fourth-order valence-corrected chi connectivity index (χ4v) is 3.52. The molecular formula is C14H20BrN3. The lowest BCUT2D eigenvalue weighted by Crippen LogP contribution is -2.51. The standard InChI is InChI=1S/C14H20BrN3/c15-13-3-1-2-4-14(13)18-9-7-17(8-10-18)12-5-6-16-11-12/h1-4,12,16H,5-11H2. The van der Waals surface area contributed by atoms with Crippen molar-refractivity contribution in [1.29, 1.82) is 0 Å². The van der Waals surface area contributed by atoms with Crippen molar-refractivity contribution in [3.05, 3.63) is 28.7 Å². The van der Waals surface area contributed by atoms with Crippen LogP contribution in [-0.2, 0) is 0 Å². The van der Waals surface area contributed by atoms with Gasteiger partial charge in [-0.3, -0.25) is 4.90 Å². The van der Waals surface area contributed by atoms with E-state index in [2.05, 4.69) is 55.3 Å². The molecule has 3 rings (SSSR count). The van der Waals surface area contributed by atoms with Crippen LogP contribution in [-0.4, -0.2) is 50.2 Å². The molecule has 2 fully saturated rings. The zero-order valence-electron chi connectivity index (χ0n) is 10.6. The number of hydrogen-bond acceptors (Lipinski definition) is 3. The Morgan fingerprint density at radius 3 is 2.56 bits per heavy atom. The number of nitrogens with one attached hydrogen (secondary N) is 1. The summed E-state index contributed by atoms with van der Waals surface area (Å²) < 4.78 is 1.21. The molecule has 1 aromatic rings. The van der Waals surface area contributed by atoms with Gasteiger partial charge in [0.15, 0.2) is 0 Å². The molecule has 98 valence electrons. The summed E-state index contributed by atoms with van der Waals surface area (Å²) in [6, 6.07) is 9.30. The summed E-state index contributed by atoms with van der Waals surface area (Å²) in [5, 5.41) is 3.46. The van der Waals surface area contributed by atoms with Gasteiger partial charge >= 0.3 is 0 Å². The van der Waals surface area contributed by atoms with Crippen LogP contribution in [0.5, 0.6) is 0 Å². The van der Waals surface area contributed by atoms with Gasteiger partial charge in [0.2, 0.25) is 0 Å². The maximum atomic E-state index is 3.65. The van der Waals surface area contributed by atoms with Crippen molar-refractivity contribution in [1.82, 2.24) is 10.2 Å². The average molecular weight is 310 g/mol. The highest BCUT2D eigenvalue weighted by Crippen LogP contribution is 2.27. The molecule has 0 amide bonds. The van der Waals surface area contributed by atoms with Crippen LogP contribution < -0.4 is 10.2 Å². The number of nitrogens with zero attached hydrogens (tertiary/aromatic N) is 2. The van der Waals surface area contributed by atoms with Gasteiger partial charge in [-0.1, -0.05) is 12.1 Å². The second-order valence-electron chi connectivity index (χ2n) is 5.12. The lowest BCUT2D eigenvalue weighted by atomic mass is 10.1. The predicted molar refractivity (Wildman–Crippen MR) is 79.2 cm³/mol. The molecule has 0 aromatic heterocycles. The summed E-state index contributed by atoms with van der Waals surface area (Å²) >= 11 is 3.65. The van der Waals surface area contributed by atoms with E-state index in [1.165, 1.54) is 42.8 Å². The van der Waals surface area contributed by atoms with Crippen LogP contribution in [0.15, 0.2) is 28.7 Å². The smallest absolute Gasteiger partial charge is 0.0511 e. The maximum absolute atomic E-state index is 3.65. The molecule has 1 N–H and O–H groups in total. The van der Waals surface area contributed by atoms with Gasteiger partial charge in [-0.15, -0.1) is 0 Å². The summed E-state index contributed by atoms with van der Waals surface area (Å²) in [7, 11) is 0. The number of para-hydroxylation sites is 1. The van der Waals surface area contributed by atoms with Gasteiger partial charge in [0.1, 0.15) is 0 Å². The van der Waals surface area contributed by atoms with Gasteiger partial charge in [0.25, 0.3) is 0 Å². The van der Waals surface area contributed by atoms with Crippen molar-refractivity contribution >= 4 is 21.6 Å². The highest BCUT2D eigenvalue weighted by Gasteiger charge is 2.26. The van der Waals surface area contributed by atoms with Gasteiger partial charge < -0.3 is 10.2 Å². The average Bonchev–Trinajstić information content (AvgIpc) is 2.94. The first-order valence-corrected chi connectivity index (χ1v) is 7.58. The summed E-state index contributed by atoms with van der Waals surface area (Å²) in [6.45, 7) is 7.02. The summed E-state index contributed by atoms with van der Waals surface area (Å²) in [5.74, 6) is 0. The molecule has 2 aliphatic rings. The van der Waals surface area contributed by atoms with Crippen molar-refractivity contribution in [2.75, 3.05) is 44.2 Å². The Labute approximate surface area is 117 Å². The van der Waals surface area contributed by atoms with Crippen LogP contribution >= 0.6 is 15.9 Å².